The van der Waals surface area contributed by atoms with E-state index >= 15 is 0 Å². The molecule has 1 amide bonds. The minimum Gasteiger partial charge on any atom is -0.388 e. The fourth-order valence-corrected chi connectivity index (χ4v) is 2.86. The van der Waals surface area contributed by atoms with Crippen molar-refractivity contribution in [2.24, 2.45) is 5.92 Å². The van der Waals surface area contributed by atoms with Crippen molar-refractivity contribution in [3.05, 3.63) is 35.6 Å². The van der Waals surface area contributed by atoms with Crippen LogP contribution in [0.4, 0.5) is 4.39 Å². The van der Waals surface area contributed by atoms with Gasteiger partial charge in [0, 0.05) is 12.1 Å². The fourth-order valence-electron chi connectivity index (χ4n) is 2.86. The Kier molecular flexibility index (Phi) is 5.31. The van der Waals surface area contributed by atoms with Gasteiger partial charge in [0.25, 0.3) is 0 Å². The molecular formula is C16H23FN2O2. The Hall–Kier alpha value is -1.46. The number of nitrogens with one attached hydrogen (secondary N) is 2. The van der Waals surface area contributed by atoms with Crippen LogP contribution in [0, 0.1) is 11.7 Å². The molecule has 0 bridgehead atoms. The topological polar surface area (TPSA) is 61.4 Å². The van der Waals surface area contributed by atoms with Crippen molar-refractivity contribution in [1.82, 2.24) is 10.6 Å². The summed E-state index contributed by atoms with van der Waals surface area (Å²) in [5.41, 5.74) is 0.424. The third-order valence-corrected chi connectivity index (χ3v) is 4.16. The maximum absolute atomic E-state index is 13.1. The van der Waals surface area contributed by atoms with Gasteiger partial charge in [0.2, 0.25) is 5.91 Å². The number of hydrogen-bond donors (Lipinski definition) is 3. The number of halogens is 1. The average molecular weight is 294 g/mol. The maximum Gasteiger partial charge on any atom is 0.223 e. The Balaban J connectivity index is 1.92. The first kappa shape index (κ1) is 15.9. The lowest BCUT2D eigenvalue weighted by molar-refractivity contribution is -0.124. The van der Waals surface area contributed by atoms with Crippen LogP contribution in [-0.4, -0.2) is 29.6 Å². The summed E-state index contributed by atoms with van der Waals surface area (Å²) in [6.07, 6.45) is -0.0240. The van der Waals surface area contributed by atoms with Gasteiger partial charge in [-0.3, -0.25) is 4.79 Å². The average Bonchev–Trinajstić information content (AvgIpc) is 2.43. The van der Waals surface area contributed by atoms with Crippen molar-refractivity contribution in [2.45, 2.75) is 44.9 Å². The van der Waals surface area contributed by atoms with Crippen LogP contribution in [0.1, 0.15) is 38.4 Å². The Bertz CT molecular complexity index is 485. The highest BCUT2D eigenvalue weighted by Gasteiger charge is 2.29. The van der Waals surface area contributed by atoms with Crippen LogP contribution >= 0.6 is 0 Å². The summed E-state index contributed by atoms with van der Waals surface area (Å²) in [5, 5.41) is 16.3. The number of rotatable bonds is 4. The van der Waals surface area contributed by atoms with Crippen molar-refractivity contribution >= 4 is 5.91 Å². The van der Waals surface area contributed by atoms with E-state index in [2.05, 4.69) is 17.6 Å². The molecule has 1 fully saturated rings. The Labute approximate surface area is 124 Å². The van der Waals surface area contributed by atoms with Crippen LogP contribution in [0.3, 0.4) is 0 Å². The van der Waals surface area contributed by atoms with Crippen molar-refractivity contribution in [1.29, 1.82) is 0 Å². The van der Waals surface area contributed by atoms with E-state index < -0.39 is 11.9 Å². The van der Waals surface area contributed by atoms with E-state index in [0.29, 0.717) is 11.5 Å². The van der Waals surface area contributed by atoms with E-state index in [1.165, 1.54) is 18.2 Å². The zero-order valence-corrected chi connectivity index (χ0v) is 12.5. The molecule has 3 N–H and O–H groups in total. The van der Waals surface area contributed by atoms with Gasteiger partial charge in [-0.15, -0.1) is 0 Å². The predicted molar refractivity (Wildman–Crippen MR) is 79.2 cm³/mol. The number of carbonyl (C=O) groups excluding carboxylic acids is 1. The predicted octanol–water partition coefficient (Wildman–Crippen LogP) is 1.75. The molecular weight excluding hydrogens is 271 g/mol. The van der Waals surface area contributed by atoms with Crippen LogP contribution in [0.2, 0.25) is 0 Å². The van der Waals surface area contributed by atoms with Crippen molar-refractivity contribution in [3.8, 4) is 0 Å². The molecule has 5 heteroatoms. The van der Waals surface area contributed by atoms with Gasteiger partial charge in [-0.05, 0) is 43.5 Å². The molecule has 1 aromatic rings. The van der Waals surface area contributed by atoms with E-state index in [-0.39, 0.29) is 24.4 Å². The molecule has 0 aliphatic carbocycles. The number of amides is 1. The van der Waals surface area contributed by atoms with Gasteiger partial charge < -0.3 is 15.7 Å². The molecule has 1 aliphatic heterocycles. The molecule has 4 nitrogen and oxygen atoms in total. The molecule has 0 aromatic heterocycles. The Morgan fingerprint density at radius 2 is 2.29 bits per heavy atom. The van der Waals surface area contributed by atoms with Gasteiger partial charge in [0.05, 0.1) is 12.5 Å². The highest BCUT2D eigenvalue weighted by molar-refractivity contribution is 5.77. The maximum atomic E-state index is 13.1. The summed E-state index contributed by atoms with van der Waals surface area (Å²) < 4.78 is 13.1. The third-order valence-electron chi connectivity index (χ3n) is 4.16. The van der Waals surface area contributed by atoms with E-state index in [0.717, 1.165) is 13.0 Å². The van der Waals surface area contributed by atoms with Crippen LogP contribution in [-0.2, 0) is 4.79 Å². The standard InChI is InChI=1S/C16H23FN2O2/c1-10-6-7-18-11(2)16(10)19-15(21)9-14(20)12-4-3-5-13(17)8-12/h3-5,8,10-11,14,16,18,20H,6-7,9H2,1-2H3,(H,19,21). The highest BCUT2D eigenvalue weighted by Crippen LogP contribution is 2.19. The van der Waals surface area contributed by atoms with Crippen LogP contribution < -0.4 is 10.6 Å². The fraction of sp³-hybridized carbons (Fsp3) is 0.562. The smallest absolute Gasteiger partial charge is 0.223 e. The van der Waals surface area contributed by atoms with E-state index in [9.17, 15) is 14.3 Å². The molecule has 4 atom stereocenters. The second-order valence-corrected chi connectivity index (χ2v) is 5.88. The van der Waals surface area contributed by atoms with Crippen LogP contribution in [0.5, 0.6) is 0 Å². The molecule has 1 aliphatic rings. The second kappa shape index (κ2) is 7.00. The Morgan fingerprint density at radius 3 is 2.95 bits per heavy atom. The molecule has 4 unspecified atom stereocenters. The van der Waals surface area contributed by atoms with Crippen LogP contribution in [0.15, 0.2) is 24.3 Å². The molecule has 1 heterocycles. The summed E-state index contributed by atoms with van der Waals surface area (Å²) in [5.74, 6) is -0.221. The van der Waals surface area contributed by atoms with Crippen molar-refractivity contribution in [3.63, 3.8) is 0 Å². The number of aliphatic hydroxyl groups is 1. The first-order valence-corrected chi connectivity index (χ1v) is 7.43. The highest BCUT2D eigenvalue weighted by atomic mass is 19.1. The minimum atomic E-state index is -0.983. The van der Waals surface area contributed by atoms with Crippen molar-refractivity contribution in [2.75, 3.05) is 6.54 Å². The summed E-state index contributed by atoms with van der Waals surface area (Å²) >= 11 is 0. The zero-order valence-electron chi connectivity index (χ0n) is 12.5. The largest absolute Gasteiger partial charge is 0.388 e. The van der Waals surface area contributed by atoms with Gasteiger partial charge in [0.1, 0.15) is 5.82 Å². The van der Waals surface area contributed by atoms with E-state index in [1.54, 1.807) is 6.07 Å². The molecule has 0 saturated carbocycles. The van der Waals surface area contributed by atoms with Gasteiger partial charge >= 0.3 is 0 Å². The van der Waals surface area contributed by atoms with Crippen LogP contribution in [0.25, 0.3) is 0 Å². The normalized spacial score (nSPS) is 27.1. The van der Waals surface area contributed by atoms with Crippen molar-refractivity contribution < 1.29 is 14.3 Å². The molecule has 2 rings (SSSR count). The number of benzene rings is 1. The molecule has 0 radical (unpaired) electrons. The summed E-state index contributed by atoms with van der Waals surface area (Å²) in [6, 6.07) is 5.99. The molecule has 1 aromatic carbocycles. The SMILES string of the molecule is CC1CCNC(C)C1NC(=O)CC(O)c1cccc(F)c1. The summed E-state index contributed by atoms with van der Waals surface area (Å²) in [4.78, 5) is 12.1. The minimum absolute atomic E-state index is 0.0562. The first-order valence-electron chi connectivity index (χ1n) is 7.43. The lowest BCUT2D eigenvalue weighted by atomic mass is 9.89. The Morgan fingerprint density at radius 1 is 1.52 bits per heavy atom. The first-order chi connectivity index (χ1) is 9.97. The van der Waals surface area contributed by atoms with Gasteiger partial charge in [0.15, 0.2) is 0 Å². The van der Waals surface area contributed by atoms with E-state index in [1.807, 2.05) is 6.92 Å². The number of hydrogen-bond acceptors (Lipinski definition) is 3. The van der Waals surface area contributed by atoms with Gasteiger partial charge in [-0.25, -0.2) is 4.39 Å². The second-order valence-electron chi connectivity index (χ2n) is 5.88. The van der Waals surface area contributed by atoms with Gasteiger partial charge in [-0.1, -0.05) is 19.1 Å². The number of piperidine rings is 1. The lowest BCUT2D eigenvalue weighted by Crippen LogP contribution is -2.56. The summed E-state index contributed by atoms with van der Waals surface area (Å²) in [7, 11) is 0. The molecule has 116 valence electrons. The quantitative estimate of drug-likeness (QED) is 0.793. The zero-order chi connectivity index (χ0) is 15.4. The molecule has 0 spiro atoms. The monoisotopic (exact) mass is 294 g/mol. The van der Waals surface area contributed by atoms with Gasteiger partial charge in [-0.2, -0.15) is 0 Å². The molecule has 1 saturated heterocycles. The summed E-state index contributed by atoms with van der Waals surface area (Å²) in [6.45, 7) is 5.12. The lowest BCUT2D eigenvalue weighted by Gasteiger charge is -2.36. The number of aliphatic hydroxyl groups excluding tert-OH is 1. The third kappa shape index (κ3) is 4.25. The van der Waals surface area contributed by atoms with E-state index in [4.69, 9.17) is 0 Å². The number of carbonyl (C=O) groups is 1. The molecule has 21 heavy (non-hydrogen) atoms.